The van der Waals surface area contributed by atoms with Gasteiger partial charge in [-0.05, 0) is 42.4 Å². The zero-order chi connectivity index (χ0) is 20.8. The van der Waals surface area contributed by atoms with Gasteiger partial charge in [0.25, 0.3) is 5.91 Å². The molecule has 150 valence electrons. The maximum atomic E-state index is 12.3. The van der Waals surface area contributed by atoms with E-state index in [1.54, 1.807) is 0 Å². The molecule has 0 aromatic heterocycles. The molecule has 0 unspecified atom stereocenters. The van der Waals surface area contributed by atoms with Crippen LogP contribution in [0.5, 0.6) is 5.75 Å². The highest BCUT2D eigenvalue weighted by atomic mass is 28.4. The van der Waals surface area contributed by atoms with Gasteiger partial charge in [-0.3, -0.25) is 9.59 Å². The summed E-state index contributed by atoms with van der Waals surface area (Å²) in [5, 5.41) is 11.9. The van der Waals surface area contributed by atoms with E-state index < -0.39 is 32.2 Å². The molecule has 8 heteroatoms. The van der Waals surface area contributed by atoms with Crippen molar-refractivity contribution in [2.24, 2.45) is 0 Å². The molecule has 1 aromatic carbocycles. The molecule has 0 aliphatic heterocycles. The fraction of sp³-hybridized carbons (Fsp3) is 0.526. The van der Waals surface area contributed by atoms with Gasteiger partial charge in [-0.1, -0.05) is 20.8 Å². The smallest absolute Gasteiger partial charge is 0.326 e. The average Bonchev–Trinajstić information content (AvgIpc) is 2.52. The molecular formula is C19H29NO6Si. The predicted octanol–water partition coefficient (Wildman–Crippen LogP) is 3.21. The normalized spacial score (nSPS) is 13.0. The molecule has 0 saturated heterocycles. The second-order valence-corrected chi connectivity index (χ2v) is 12.7. The minimum absolute atomic E-state index is 0.0264. The predicted molar refractivity (Wildman–Crippen MR) is 104 cm³/mol. The summed E-state index contributed by atoms with van der Waals surface area (Å²) in [5.41, 5.74) is 0.280. The minimum Gasteiger partial charge on any atom is -0.480 e. The van der Waals surface area contributed by atoms with Gasteiger partial charge < -0.3 is 19.6 Å². The third-order valence-electron chi connectivity index (χ3n) is 4.66. The standard InChI is InChI=1S/C19H29NO6Si/c1-13(21)26-15-9-7-14(8-10-15)17(22)20-16(18(23)24)11-12-25-27(5,6)19(2,3)4/h7-10,16H,11-12H2,1-6H3,(H,20,22)(H,23,24)/t16-/m1/s1. The highest BCUT2D eigenvalue weighted by Crippen LogP contribution is 2.36. The Morgan fingerprint density at radius 3 is 2.15 bits per heavy atom. The van der Waals surface area contributed by atoms with E-state index in [1.807, 2.05) is 0 Å². The van der Waals surface area contributed by atoms with Gasteiger partial charge in [-0.25, -0.2) is 4.79 Å². The fourth-order valence-corrected chi connectivity index (χ4v) is 3.05. The second kappa shape index (κ2) is 9.14. The summed E-state index contributed by atoms with van der Waals surface area (Å²) >= 11 is 0. The Kier molecular flexibility index (Phi) is 7.73. The lowest BCUT2D eigenvalue weighted by atomic mass is 10.1. The quantitative estimate of drug-likeness (QED) is 0.398. The summed E-state index contributed by atoms with van der Waals surface area (Å²) in [7, 11) is -1.98. The SMILES string of the molecule is CC(=O)Oc1ccc(C(=O)N[C@H](CCO[Si](C)(C)C(C)(C)C)C(=O)O)cc1. The molecule has 0 heterocycles. The number of amides is 1. The molecule has 0 radical (unpaired) electrons. The number of aliphatic carboxylic acids is 1. The van der Waals surface area contributed by atoms with Gasteiger partial charge in [0, 0.05) is 25.5 Å². The highest BCUT2D eigenvalue weighted by molar-refractivity contribution is 6.74. The lowest BCUT2D eigenvalue weighted by Crippen LogP contribution is -2.44. The number of ether oxygens (including phenoxy) is 1. The molecule has 0 aliphatic carbocycles. The van der Waals surface area contributed by atoms with Gasteiger partial charge in [0.15, 0.2) is 8.32 Å². The van der Waals surface area contributed by atoms with Crippen molar-refractivity contribution >= 4 is 26.2 Å². The van der Waals surface area contributed by atoms with E-state index in [0.29, 0.717) is 5.75 Å². The number of esters is 1. The molecule has 0 spiro atoms. The number of hydrogen-bond acceptors (Lipinski definition) is 5. The highest BCUT2D eigenvalue weighted by Gasteiger charge is 2.37. The van der Waals surface area contributed by atoms with Crippen molar-refractivity contribution < 1.29 is 28.7 Å². The van der Waals surface area contributed by atoms with E-state index in [0.717, 1.165) is 0 Å². The van der Waals surface area contributed by atoms with Crippen LogP contribution in [0.25, 0.3) is 0 Å². The van der Waals surface area contributed by atoms with Gasteiger partial charge in [-0.15, -0.1) is 0 Å². The van der Waals surface area contributed by atoms with Crippen LogP contribution in [0.3, 0.4) is 0 Å². The van der Waals surface area contributed by atoms with Crippen molar-refractivity contribution in [2.75, 3.05) is 6.61 Å². The summed E-state index contributed by atoms with van der Waals surface area (Å²) in [6, 6.07) is 4.85. The fourth-order valence-electron chi connectivity index (χ4n) is 1.99. The molecule has 1 amide bonds. The first-order valence-electron chi connectivity index (χ1n) is 8.79. The molecule has 1 atom stereocenters. The van der Waals surface area contributed by atoms with E-state index in [-0.39, 0.29) is 23.6 Å². The van der Waals surface area contributed by atoms with Gasteiger partial charge in [0.05, 0.1) is 0 Å². The molecular weight excluding hydrogens is 366 g/mol. The molecule has 2 N–H and O–H groups in total. The monoisotopic (exact) mass is 395 g/mol. The van der Waals surface area contributed by atoms with Crippen LogP contribution in [-0.2, 0) is 14.0 Å². The van der Waals surface area contributed by atoms with Crippen LogP contribution in [0.15, 0.2) is 24.3 Å². The average molecular weight is 396 g/mol. The molecule has 1 aromatic rings. The van der Waals surface area contributed by atoms with Crippen LogP contribution in [0.2, 0.25) is 18.1 Å². The lowest BCUT2D eigenvalue weighted by Gasteiger charge is -2.36. The van der Waals surface area contributed by atoms with E-state index >= 15 is 0 Å². The van der Waals surface area contributed by atoms with Gasteiger partial charge >= 0.3 is 11.9 Å². The zero-order valence-electron chi connectivity index (χ0n) is 16.8. The molecule has 7 nitrogen and oxygen atoms in total. The Bertz CT molecular complexity index is 678. The van der Waals surface area contributed by atoms with Crippen molar-refractivity contribution in [3.8, 4) is 5.75 Å². The Labute approximate surface area is 161 Å². The second-order valence-electron chi connectivity index (χ2n) is 7.88. The third-order valence-corrected chi connectivity index (χ3v) is 9.20. The number of nitrogens with one attached hydrogen (secondary N) is 1. The number of benzene rings is 1. The van der Waals surface area contributed by atoms with Gasteiger partial charge in [0.2, 0.25) is 0 Å². The number of carboxylic acid groups (broad SMARTS) is 1. The number of carbonyl (C=O) groups excluding carboxylic acids is 2. The molecule has 0 saturated carbocycles. The van der Waals surface area contributed by atoms with Crippen LogP contribution in [0.1, 0.15) is 44.5 Å². The third kappa shape index (κ3) is 7.14. The van der Waals surface area contributed by atoms with Crippen LogP contribution in [0, 0.1) is 0 Å². The van der Waals surface area contributed by atoms with Crippen molar-refractivity contribution in [1.29, 1.82) is 0 Å². The summed E-state index contributed by atoms with van der Waals surface area (Å²) < 4.78 is 10.9. The topological polar surface area (TPSA) is 102 Å². The van der Waals surface area contributed by atoms with E-state index in [1.165, 1.54) is 31.2 Å². The molecule has 0 bridgehead atoms. The number of carbonyl (C=O) groups is 3. The zero-order valence-corrected chi connectivity index (χ0v) is 17.8. The van der Waals surface area contributed by atoms with Crippen molar-refractivity contribution in [3.63, 3.8) is 0 Å². The number of carboxylic acids is 1. The lowest BCUT2D eigenvalue weighted by molar-refractivity contribution is -0.139. The summed E-state index contributed by atoms with van der Waals surface area (Å²) in [6.07, 6.45) is 0.180. The Morgan fingerprint density at radius 1 is 1.15 bits per heavy atom. The van der Waals surface area contributed by atoms with Crippen molar-refractivity contribution in [1.82, 2.24) is 5.32 Å². The minimum atomic E-state index is -1.98. The van der Waals surface area contributed by atoms with E-state index in [9.17, 15) is 19.5 Å². The number of rotatable bonds is 8. The Balaban J connectivity index is 2.67. The first kappa shape index (κ1) is 22.8. The molecule has 0 aliphatic rings. The largest absolute Gasteiger partial charge is 0.480 e. The summed E-state index contributed by atoms with van der Waals surface area (Å²) in [4.78, 5) is 34.7. The van der Waals surface area contributed by atoms with Crippen LogP contribution < -0.4 is 10.1 Å². The van der Waals surface area contributed by atoms with Crippen molar-refractivity contribution in [3.05, 3.63) is 29.8 Å². The van der Waals surface area contributed by atoms with Crippen LogP contribution in [-0.4, -0.2) is 43.9 Å². The van der Waals surface area contributed by atoms with Gasteiger partial charge in [-0.2, -0.15) is 0 Å². The summed E-state index contributed by atoms with van der Waals surface area (Å²) in [5.74, 6) is -1.76. The molecule has 27 heavy (non-hydrogen) atoms. The van der Waals surface area contributed by atoms with E-state index in [4.69, 9.17) is 9.16 Å². The van der Waals surface area contributed by atoms with E-state index in [2.05, 4.69) is 39.2 Å². The maximum Gasteiger partial charge on any atom is 0.326 e. The molecule has 1 rings (SSSR count). The Morgan fingerprint density at radius 2 is 1.70 bits per heavy atom. The van der Waals surface area contributed by atoms with Gasteiger partial charge in [0.1, 0.15) is 11.8 Å². The maximum absolute atomic E-state index is 12.3. The summed E-state index contributed by atoms with van der Waals surface area (Å²) in [6.45, 7) is 12.0. The molecule has 0 fully saturated rings. The Hall–Kier alpha value is -2.19. The van der Waals surface area contributed by atoms with Crippen molar-refractivity contribution in [2.45, 2.75) is 58.3 Å². The number of hydrogen-bond donors (Lipinski definition) is 2. The first-order valence-corrected chi connectivity index (χ1v) is 11.7. The first-order chi connectivity index (χ1) is 12.3. The van der Waals surface area contributed by atoms with Crippen LogP contribution >= 0.6 is 0 Å². The van der Waals surface area contributed by atoms with Crippen LogP contribution in [0.4, 0.5) is 0 Å².